The number of fused-ring (bicyclic) bond motifs is 5. The molecule has 3 heterocycles. The Hall–Kier alpha value is -5.73. The molecule has 1 aliphatic heterocycles. The van der Waals surface area contributed by atoms with Crippen molar-refractivity contribution in [1.29, 1.82) is 5.26 Å². The summed E-state index contributed by atoms with van der Waals surface area (Å²) in [5.41, 5.74) is 8.55. The zero-order valence-corrected chi connectivity index (χ0v) is 23.6. The van der Waals surface area contributed by atoms with Crippen molar-refractivity contribution < 1.29 is 9.15 Å². The third kappa shape index (κ3) is 4.07. The van der Waals surface area contributed by atoms with Gasteiger partial charge >= 0.3 is 0 Å². The molecule has 2 aromatic heterocycles. The SMILES string of the molecule is CC1(C)c2ccc(C#N)cc2Oc2ccc(-c3cc(-c4ccc5c(c4)oc4ccccc45)nc(-c4ccccc4)n3)cc21. The van der Waals surface area contributed by atoms with E-state index in [1.807, 2.05) is 84.9 Å². The molecule has 43 heavy (non-hydrogen) atoms. The van der Waals surface area contributed by atoms with Crippen LogP contribution in [0.4, 0.5) is 0 Å². The summed E-state index contributed by atoms with van der Waals surface area (Å²) in [6.45, 7) is 4.37. The van der Waals surface area contributed by atoms with Crippen LogP contribution in [0.3, 0.4) is 0 Å². The van der Waals surface area contributed by atoms with Crippen molar-refractivity contribution in [3.8, 4) is 51.5 Å². The first kappa shape index (κ1) is 25.0. The summed E-state index contributed by atoms with van der Waals surface area (Å²) in [7, 11) is 0. The molecule has 0 spiro atoms. The highest BCUT2D eigenvalue weighted by Crippen LogP contribution is 2.49. The summed E-state index contributed by atoms with van der Waals surface area (Å²) >= 11 is 0. The van der Waals surface area contributed by atoms with Crippen molar-refractivity contribution in [2.75, 3.05) is 0 Å². The minimum atomic E-state index is -0.336. The Labute approximate surface area is 248 Å². The third-order valence-electron chi connectivity index (χ3n) is 8.39. The van der Waals surface area contributed by atoms with Gasteiger partial charge in [-0.3, -0.25) is 0 Å². The number of ether oxygens (including phenoxy) is 1. The Morgan fingerprint density at radius 2 is 1.33 bits per heavy atom. The zero-order valence-electron chi connectivity index (χ0n) is 23.6. The second-order valence-electron chi connectivity index (χ2n) is 11.4. The molecule has 5 nitrogen and oxygen atoms in total. The number of hydrogen-bond acceptors (Lipinski definition) is 5. The number of nitrogens with zero attached hydrogens (tertiary/aromatic N) is 3. The summed E-state index contributed by atoms with van der Waals surface area (Å²) in [4.78, 5) is 10.1. The summed E-state index contributed by atoms with van der Waals surface area (Å²) < 4.78 is 12.5. The first-order valence-corrected chi connectivity index (χ1v) is 14.2. The first-order chi connectivity index (χ1) is 21.0. The largest absolute Gasteiger partial charge is 0.457 e. The predicted molar refractivity (Wildman–Crippen MR) is 169 cm³/mol. The fourth-order valence-corrected chi connectivity index (χ4v) is 6.07. The first-order valence-electron chi connectivity index (χ1n) is 14.2. The summed E-state index contributed by atoms with van der Waals surface area (Å²) in [5, 5.41) is 11.6. The fraction of sp³-hybridized carbons (Fsp3) is 0.0789. The number of hydrogen-bond donors (Lipinski definition) is 0. The molecule has 0 amide bonds. The lowest BCUT2D eigenvalue weighted by Gasteiger charge is -2.34. The lowest BCUT2D eigenvalue weighted by molar-refractivity contribution is 0.418. The quantitative estimate of drug-likeness (QED) is 0.217. The number of benzene rings is 5. The van der Waals surface area contributed by atoms with Gasteiger partial charge in [0.1, 0.15) is 22.7 Å². The van der Waals surface area contributed by atoms with Gasteiger partial charge in [0.2, 0.25) is 0 Å². The minimum absolute atomic E-state index is 0.336. The van der Waals surface area contributed by atoms with Crippen LogP contribution in [0.5, 0.6) is 11.5 Å². The van der Waals surface area contributed by atoms with Crippen molar-refractivity contribution in [3.63, 3.8) is 0 Å². The maximum absolute atomic E-state index is 9.40. The molecule has 5 heteroatoms. The van der Waals surface area contributed by atoms with Crippen molar-refractivity contribution >= 4 is 21.9 Å². The molecule has 204 valence electrons. The van der Waals surface area contributed by atoms with E-state index in [4.69, 9.17) is 19.1 Å². The average Bonchev–Trinajstić information content (AvgIpc) is 3.42. The minimum Gasteiger partial charge on any atom is -0.457 e. The molecule has 0 aliphatic carbocycles. The van der Waals surface area contributed by atoms with E-state index in [0.717, 1.165) is 72.6 Å². The Bertz CT molecular complexity index is 2260. The molecule has 5 aromatic carbocycles. The lowest BCUT2D eigenvalue weighted by atomic mass is 9.75. The molecule has 0 saturated heterocycles. The van der Waals surface area contributed by atoms with Crippen LogP contribution in [-0.2, 0) is 5.41 Å². The van der Waals surface area contributed by atoms with E-state index in [0.29, 0.717) is 11.4 Å². The number of aromatic nitrogens is 2. The van der Waals surface area contributed by atoms with Crippen LogP contribution in [0.1, 0.15) is 30.5 Å². The van der Waals surface area contributed by atoms with Gasteiger partial charge in [-0.05, 0) is 54.6 Å². The van der Waals surface area contributed by atoms with Crippen LogP contribution in [0.15, 0.2) is 120 Å². The van der Waals surface area contributed by atoms with Gasteiger partial charge in [0.05, 0.1) is 23.0 Å². The molecule has 0 unspecified atom stereocenters. The van der Waals surface area contributed by atoms with E-state index in [-0.39, 0.29) is 5.41 Å². The monoisotopic (exact) mass is 555 g/mol. The van der Waals surface area contributed by atoms with Crippen LogP contribution >= 0.6 is 0 Å². The molecule has 0 atom stereocenters. The van der Waals surface area contributed by atoms with E-state index in [1.54, 1.807) is 0 Å². The summed E-state index contributed by atoms with van der Waals surface area (Å²) in [6.07, 6.45) is 0. The van der Waals surface area contributed by atoms with Crippen LogP contribution in [0.2, 0.25) is 0 Å². The molecular formula is C38H25N3O2. The Kier molecular flexibility index (Phi) is 5.47. The van der Waals surface area contributed by atoms with Crippen LogP contribution in [0.25, 0.3) is 55.8 Å². The van der Waals surface area contributed by atoms with Crippen molar-refractivity contribution in [2.24, 2.45) is 0 Å². The van der Waals surface area contributed by atoms with Gasteiger partial charge in [-0.2, -0.15) is 5.26 Å². The van der Waals surface area contributed by atoms with Crippen molar-refractivity contribution in [2.45, 2.75) is 19.3 Å². The van der Waals surface area contributed by atoms with E-state index in [2.05, 4.69) is 50.2 Å². The second-order valence-corrected chi connectivity index (χ2v) is 11.4. The molecule has 7 aromatic rings. The highest BCUT2D eigenvalue weighted by atomic mass is 16.5. The average molecular weight is 556 g/mol. The predicted octanol–water partition coefficient (Wildman–Crippen LogP) is 9.68. The molecular weight excluding hydrogens is 530 g/mol. The van der Waals surface area contributed by atoms with Crippen LogP contribution in [-0.4, -0.2) is 9.97 Å². The maximum Gasteiger partial charge on any atom is 0.160 e. The highest BCUT2D eigenvalue weighted by molar-refractivity contribution is 6.05. The van der Waals surface area contributed by atoms with Gasteiger partial charge in [0.15, 0.2) is 5.82 Å². The molecule has 0 N–H and O–H groups in total. The molecule has 8 rings (SSSR count). The van der Waals surface area contributed by atoms with Gasteiger partial charge < -0.3 is 9.15 Å². The van der Waals surface area contributed by atoms with Gasteiger partial charge in [-0.1, -0.05) is 74.5 Å². The normalized spacial score (nSPS) is 13.2. The van der Waals surface area contributed by atoms with Gasteiger partial charge in [0, 0.05) is 44.0 Å². The topological polar surface area (TPSA) is 71.9 Å². The highest BCUT2D eigenvalue weighted by Gasteiger charge is 2.34. The van der Waals surface area contributed by atoms with E-state index in [9.17, 15) is 5.26 Å². The maximum atomic E-state index is 9.40. The standard InChI is InChI=1S/C38H25N3O2/c1-38(2)29-16-12-23(22-39)18-36(29)43-34-17-14-25(19-30(34)38)31-21-32(41-37(40-31)24-8-4-3-5-9-24)26-13-15-28-27-10-6-7-11-33(27)42-35(28)20-26/h3-21H,1-2H3. The van der Waals surface area contributed by atoms with Crippen LogP contribution < -0.4 is 4.74 Å². The van der Waals surface area contributed by atoms with Gasteiger partial charge in [-0.25, -0.2) is 9.97 Å². The van der Waals surface area contributed by atoms with E-state index >= 15 is 0 Å². The second kappa shape index (κ2) is 9.40. The Morgan fingerprint density at radius 3 is 2.14 bits per heavy atom. The fourth-order valence-electron chi connectivity index (χ4n) is 6.07. The van der Waals surface area contributed by atoms with Crippen molar-refractivity contribution in [1.82, 2.24) is 9.97 Å². The van der Waals surface area contributed by atoms with E-state index in [1.165, 1.54) is 0 Å². The lowest BCUT2D eigenvalue weighted by Crippen LogP contribution is -2.24. The molecule has 1 aliphatic rings. The van der Waals surface area contributed by atoms with Gasteiger partial charge in [0.25, 0.3) is 0 Å². The van der Waals surface area contributed by atoms with Crippen LogP contribution in [0, 0.1) is 11.3 Å². The Morgan fingerprint density at radius 1 is 0.605 bits per heavy atom. The van der Waals surface area contributed by atoms with Gasteiger partial charge in [-0.15, -0.1) is 0 Å². The smallest absolute Gasteiger partial charge is 0.160 e. The molecule has 0 saturated carbocycles. The summed E-state index contributed by atoms with van der Waals surface area (Å²) in [6, 6.07) is 40.5. The number of nitriles is 1. The Balaban J connectivity index is 1.28. The number of para-hydroxylation sites is 1. The molecule has 0 radical (unpaired) electrons. The van der Waals surface area contributed by atoms with E-state index < -0.39 is 0 Å². The molecule has 0 bridgehead atoms. The molecule has 0 fully saturated rings. The number of rotatable bonds is 3. The zero-order chi connectivity index (χ0) is 29.1. The van der Waals surface area contributed by atoms with Crippen molar-refractivity contribution in [3.05, 3.63) is 132 Å². The summed E-state index contributed by atoms with van der Waals surface area (Å²) in [5.74, 6) is 2.16. The number of furan rings is 1. The third-order valence-corrected chi connectivity index (χ3v) is 8.39.